The summed E-state index contributed by atoms with van der Waals surface area (Å²) in [6.45, 7) is 3.75. The fraction of sp³-hybridized carbons (Fsp3) is 0.267. The van der Waals surface area contributed by atoms with Crippen LogP contribution < -0.4 is 5.46 Å². The van der Waals surface area contributed by atoms with Gasteiger partial charge < -0.3 is 18.9 Å². The molecular weight excluding hydrogens is 627 g/mol. The van der Waals surface area contributed by atoms with Gasteiger partial charge in [0.15, 0.2) is 5.78 Å². The van der Waals surface area contributed by atoms with Crippen LogP contribution in [0.5, 0.6) is 0 Å². The number of carbonyl (C=O) groups excluding carboxylic acids is 1. The zero-order valence-electron chi connectivity index (χ0n) is 22.8. The summed E-state index contributed by atoms with van der Waals surface area (Å²) in [5.74, 6) is -0.150. The van der Waals surface area contributed by atoms with Gasteiger partial charge in [0.25, 0.3) is 5.60 Å². The number of benzene rings is 2. The van der Waals surface area contributed by atoms with E-state index in [4.69, 9.17) is 44.3 Å². The highest BCUT2D eigenvalue weighted by Crippen LogP contribution is 2.51. The molecule has 2 aromatic heterocycles. The van der Waals surface area contributed by atoms with E-state index in [9.17, 15) is 23.0 Å². The van der Waals surface area contributed by atoms with Gasteiger partial charge in [-0.15, -0.1) is 0 Å². The normalized spacial score (nSPS) is 19.5. The van der Waals surface area contributed by atoms with Gasteiger partial charge >= 0.3 is 13.3 Å². The monoisotopic (exact) mass is 648 g/mol. The van der Waals surface area contributed by atoms with Crippen LogP contribution in [0.3, 0.4) is 0 Å². The van der Waals surface area contributed by atoms with Gasteiger partial charge in [-0.05, 0) is 73.3 Å². The Morgan fingerprint density at radius 1 is 1.09 bits per heavy atom. The summed E-state index contributed by atoms with van der Waals surface area (Å²) in [5, 5.41) is 13.7. The Hall–Kier alpha value is -3.02. The third-order valence-corrected chi connectivity index (χ3v) is 9.20. The predicted molar refractivity (Wildman–Crippen MR) is 160 cm³/mol. The fourth-order valence-electron chi connectivity index (χ4n) is 5.73. The molecule has 6 nitrogen and oxygen atoms in total. The zero-order chi connectivity index (χ0) is 30.9. The molecule has 13 heteroatoms. The molecule has 2 aliphatic rings. The molecule has 0 saturated carbocycles. The van der Waals surface area contributed by atoms with Gasteiger partial charge in [-0.3, -0.25) is 4.79 Å². The van der Waals surface area contributed by atoms with E-state index in [1.54, 1.807) is 34.9 Å². The van der Waals surface area contributed by atoms with Crippen molar-refractivity contribution < 1.29 is 32.5 Å². The van der Waals surface area contributed by atoms with Crippen LogP contribution >= 0.6 is 34.8 Å². The second-order valence-corrected chi connectivity index (χ2v) is 12.3. The van der Waals surface area contributed by atoms with Crippen LogP contribution in [0.4, 0.5) is 13.2 Å². The average Bonchev–Trinajstić information content (AvgIpc) is 3.66. The third-order valence-electron chi connectivity index (χ3n) is 8.00. The molecule has 222 valence electrons. The van der Waals surface area contributed by atoms with E-state index in [2.05, 4.69) is 5.16 Å². The lowest BCUT2D eigenvalue weighted by Gasteiger charge is -2.30. The summed E-state index contributed by atoms with van der Waals surface area (Å²) in [5.41, 5.74) is 0.0130. The van der Waals surface area contributed by atoms with Crippen LogP contribution in [0, 0.1) is 0 Å². The highest BCUT2D eigenvalue weighted by atomic mass is 35.5. The lowest BCUT2D eigenvalue weighted by atomic mass is 9.77. The molecule has 1 unspecified atom stereocenters. The quantitative estimate of drug-likeness (QED) is 0.136. The first-order valence-electron chi connectivity index (χ1n) is 13.3. The van der Waals surface area contributed by atoms with Gasteiger partial charge in [0.1, 0.15) is 0 Å². The summed E-state index contributed by atoms with van der Waals surface area (Å²) in [7, 11) is -0.987. The molecule has 0 radical (unpaired) electrons. The molecule has 4 heterocycles. The van der Waals surface area contributed by atoms with E-state index in [1.165, 1.54) is 0 Å². The number of ketones is 1. The van der Waals surface area contributed by atoms with Crippen LogP contribution in [0.1, 0.15) is 59.4 Å². The van der Waals surface area contributed by atoms with Crippen molar-refractivity contribution in [2.75, 3.05) is 0 Å². The molecule has 43 heavy (non-hydrogen) atoms. The topological polar surface area (TPSA) is 72.5 Å². The number of aryl methyl sites for hydroxylation is 1. The van der Waals surface area contributed by atoms with Crippen LogP contribution in [0.15, 0.2) is 65.9 Å². The van der Waals surface area contributed by atoms with Gasteiger partial charge in [0.05, 0.1) is 44.0 Å². The fourth-order valence-corrected chi connectivity index (χ4v) is 6.33. The smallest absolute Gasteiger partial charge is 0.423 e. The minimum absolute atomic E-state index is 0.0485. The molecule has 4 aromatic rings. The first-order valence-corrected chi connectivity index (χ1v) is 14.4. The Kier molecular flexibility index (Phi) is 7.37. The number of nitrogens with zero attached hydrogens (tertiary/aromatic N) is 2. The van der Waals surface area contributed by atoms with Crippen molar-refractivity contribution in [2.45, 2.75) is 50.5 Å². The first-order chi connectivity index (χ1) is 20.2. The maximum Gasteiger partial charge on any atom is 0.492 e. The maximum absolute atomic E-state index is 14.6. The summed E-state index contributed by atoms with van der Waals surface area (Å²) in [6, 6.07) is 14.3. The van der Waals surface area contributed by atoms with Crippen molar-refractivity contribution >= 4 is 64.4 Å². The molecule has 0 spiro atoms. The standard InChI is InChI=1S/C30H23BCl3F3N2O4/c1-28(2)19-12-16(5-8-20(19)31(41)42-28)6-10-26(40)25-9-7-18(24-4-3-11-39(24)25)23-15-29(43-38-23,30(35,36)37)17-13-21(32)27(34)22(33)14-17/h3-5,7-9,11-14,41H,6,10,15H2,1-2H3. The third kappa shape index (κ3) is 5.03. The van der Waals surface area contributed by atoms with Gasteiger partial charge in [0.2, 0.25) is 0 Å². The van der Waals surface area contributed by atoms with Crippen LogP contribution in [0.25, 0.3) is 5.52 Å². The van der Waals surface area contributed by atoms with Gasteiger partial charge in [0, 0.05) is 23.7 Å². The van der Waals surface area contributed by atoms with E-state index in [-0.39, 0.29) is 38.5 Å². The van der Waals surface area contributed by atoms with E-state index in [0.717, 1.165) is 23.3 Å². The Labute approximate surface area is 260 Å². The summed E-state index contributed by atoms with van der Waals surface area (Å²) in [4.78, 5) is 18.5. The highest BCUT2D eigenvalue weighted by Gasteiger charge is 2.62. The van der Waals surface area contributed by atoms with Crippen molar-refractivity contribution in [2.24, 2.45) is 5.16 Å². The number of alkyl halides is 3. The van der Waals surface area contributed by atoms with E-state index in [0.29, 0.717) is 28.7 Å². The number of carbonyl (C=O) groups is 1. The van der Waals surface area contributed by atoms with Gasteiger partial charge in [-0.25, -0.2) is 0 Å². The molecule has 0 bridgehead atoms. The molecular formula is C30H23BCl3F3N2O4. The number of rotatable bonds is 6. The minimum Gasteiger partial charge on any atom is -0.423 e. The van der Waals surface area contributed by atoms with E-state index < -0.39 is 30.9 Å². The molecule has 6 rings (SSSR count). The number of hydrogen-bond acceptors (Lipinski definition) is 5. The van der Waals surface area contributed by atoms with E-state index in [1.807, 2.05) is 32.0 Å². The largest absolute Gasteiger partial charge is 0.492 e. The Morgan fingerprint density at radius 3 is 2.51 bits per heavy atom. The molecule has 2 aromatic carbocycles. The van der Waals surface area contributed by atoms with Crippen molar-refractivity contribution in [3.8, 4) is 0 Å². The predicted octanol–water partition coefficient (Wildman–Crippen LogP) is 7.25. The lowest BCUT2D eigenvalue weighted by Crippen LogP contribution is -2.42. The number of pyridine rings is 1. The zero-order valence-corrected chi connectivity index (χ0v) is 25.1. The molecule has 0 saturated heterocycles. The van der Waals surface area contributed by atoms with Crippen molar-refractivity contribution in [3.63, 3.8) is 0 Å². The van der Waals surface area contributed by atoms with Crippen LogP contribution in [0.2, 0.25) is 15.1 Å². The summed E-state index contributed by atoms with van der Waals surface area (Å²) in [6.07, 6.45) is -3.21. The number of fused-ring (bicyclic) bond motifs is 2. The minimum atomic E-state index is -4.87. The van der Waals surface area contributed by atoms with Gasteiger partial charge in [-0.1, -0.05) is 58.2 Å². The highest BCUT2D eigenvalue weighted by molar-refractivity contribution is 6.62. The molecule has 0 amide bonds. The molecule has 1 N–H and O–H groups in total. The molecule has 0 fully saturated rings. The average molecular weight is 650 g/mol. The Balaban J connectivity index is 1.26. The van der Waals surface area contributed by atoms with Gasteiger partial charge in [-0.2, -0.15) is 13.2 Å². The van der Waals surface area contributed by atoms with Crippen LogP contribution in [-0.4, -0.2) is 34.2 Å². The number of oxime groups is 1. The van der Waals surface area contributed by atoms with Crippen molar-refractivity contribution in [1.82, 2.24) is 4.40 Å². The van der Waals surface area contributed by atoms with E-state index >= 15 is 0 Å². The second kappa shape index (κ2) is 10.6. The first kappa shape index (κ1) is 30.0. The summed E-state index contributed by atoms with van der Waals surface area (Å²) >= 11 is 18.1. The second-order valence-electron chi connectivity index (χ2n) is 11.1. The van der Waals surface area contributed by atoms with Crippen molar-refractivity contribution in [3.05, 3.63) is 104 Å². The lowest BCUT2D eigenvalue weighted by molar-refractivity contribution is -0.275. The SMILES string of the molecule is CC1(C)OB(O)c2ccc(CCC(=O)c3ccc(C4=NOC(c5cc(Cl)c(Cl)c(Cl)c5)(C(F)(F)F)C4)c4cccn34)cc21. The number of Topliss-reactive ketones (excluding diaryl/α,β-unsaturated/α-hetero) is 1. The summed E-state index contributed by atoms with van der Waals surface area (Å²) < 4.78 is 50.9. The molecule has 1 atom stereocenters. The number of aromatic nitrogens is 1. The maximum atomic E-state index is 14.6. The molecule has 0 aliphatic carbocycles. The Morgan fingerprint density at radius 2 is 1.81 bits per heavy atom. The Bertz CT molecular complexity index is 1800. The van der Waals surface area contributed by atoms with Crippen molar-refractivity contribution in [1.29, 1.82) is 0 Å². The number of halogens is 6. The molecule has 2 aliphatic heterocycles. The van der Waals surface area contributed by atoms with Crippen LogP contribution in [-0.2, 0) is 27.1 Å². The number of hydrogen-bond donors (Lipinski definition) is 1.